The molecule has 14 heavy (non-hydrogen) atoms. The lowest BCUT2D eigenvalue weighted by atomic mass is 9.89. The van der Waals surface area contributed by atoms with Crippen molar-refractivity contribution in [3.8, 4) is 0 Å². The van der Waals surface area contributed by atoms with Gasteiger partial charge in [-0.25, -0.2) is 0 Å². The highest BCUT2D eigenvalue weighted by Crippen LogP contribution is 2.22. The third kappa shape index (κ3) is 11.5. The van der Waals surface area contributed by atoms with E-state index in [1.165, 1.54) is 32.6 Å². The average molecular weight is 200 g/mol. The van der Waals surface area contributed by atoms with Crippen LogP contribution >= 0.6 is 0 Å². The fraction of sp³-hybridized carbons (Fsp3) is 0.917. The molecule has 0 amide bonds. The Morgan fingerprint density at radius 2 is 1.64 bits per heavy atom. The number of ether oxygens (including phenoxy) is 1. The molecule has 84 valence electrons. The first kappa shape index (κ1) is 13.5. The fourth-order valence-electron chi connectivity index (χ4n) is 1.33. The van der Waals surface area contributed by atoms with Crippen molar-refractivity contribution >= 4 is 5.97 Å². The molecule has 2 heteroatoms. The number of carbonyl (C=O) groups excluding carboxylic acids is 1. The summed E-state index contributed by atoms with van der Waals surface area (Å²) in [6.45, 7) is 8.86. The van der Waals surface area contributed by atoms with Gasteiger partial charge in [-0.2, -0.15) is 0 Å². The van der Waals surface area contributed by atoms with E-state index in [-0.39, 0.29) is 5.97 Å². The zero-order valence-electron chi connectivity index (χ0n) is 10.1. The minimum absolute atomic E-state index is 0.167. The normalized spacial score (nSPS) is 11.4. The van der Waals surface area contributed by atoms with E-state index in [4.69, 9.17) is 4.74 Å². The second-order valence-electron chi connectivity index (χ2n) is 5.06. The van der Waals surface area contributed by atoms with Crippen LogP contribution in [-0.4, -0.2) is 12.6 Å². The quantitative estimate of drug-likeness (QED) is 0.484. The molecule has 0 heterocycles. The maximum Gasteiger partial charge on any atom is 0.302 e. The van der Waals surface area contributed by atoms with Crippen molar-refractivity contribution in [2.24, 2.45) is 5.41 Å². The SMILES string of the molecule is CC(=O)OCCCCCCC(C)(C)C. The van der Waals surface area contributed by atoms with Crippen molar-refractivity contribution < 1.29 is 9.53 Å². The van der Waals surface area contributed by atoms with Gasteiger partial charge in [0.05, 0.1) is 6.61 Å². The molecule has 0 bridgehead atoms. The summed E-state index contributed by atoms with van der Waals surface area (Å²) in [6, 6.07) is 0. The number of esters is 1. The highest BCUT2D eigenvalue weighted by atomic mass is 16.5. The van der Waals surface area contributed by atoms with Crippen LogP contribution in [0.3, 0.4) is 0 Å². The van der Waals surface area contributed by atoms with Crippen molar-refractivity contribution in [3.63, 3.8) is 0 Å². The Hall–Kier alpha value is -0.530. The number of carbonyl (C=O) groups is 1. The smallest absolute Gasteiger partial charge is 0.302 e. The predicted octanol–water partition coefficient (Wildman–Crippen LogP) is 3.55. The zero-order valence-corrected chi connectivity index (χ0v) is 10.1. The monoisotopic (exact) mass is 200 g/mol. The molecule has 0 atom stereocenters. The number of rotatable bonds is 6. The van der Waals surface area contributed by atoms with Crippen LogP contribution in [0.4, 0.5) is 0 Å². The Labute approximate surface area is 88.0 Å². The van der Waals surface area contributed by atoms with E-state index in [2.05, 4.69) is 20.8 Å². The molecule has 0 saturated heterocycles. The molecular formula is C12H24O2. The molecule has 0 aromatic rings. The van der Waals surface area contributed by atoms with Gasteiger partial charge in [-0.05, 0) is 18.3 Å². The Balaban J connectivity index is 3.11. The molecule has 2 nitrogen and oxygen atoms in total. The van der Waals surface area contributed by atoms with Crippen LogP contribution in [0.25, 0.3) is 0 Å². The van der Waals surface area contributed by atoms with E-state index in [0.29, 0.717) is 12.0 Å². The van der Waals surface area contributed by atoms with E-state index in [1.54, 1.807) is 0 Å². The summed E-state index contributed by atoms with van der Waals surface area (Å²) in [5.41, 5.74) is 0.454. The lowest BCUT2D eigenvalue weighted by Gasteiger charge is -2.17. The Kier molecular flexibility index (Phi) is 6.60. The van der Waals surface area contributed by atoms with Crippen molar-refractivity contribution in [1.29, 1.82) is 0 Å². The van der Waals surface area contributed by atoms with Crippen LogP contribution in [-0.2, 0) is 9.53 Å². The van der Waals surface area contributed by atoms with Crippen LogP contribution in [0.5, 0.6) is 0 Å². The summed E-state index contributed by atoms with van der Waals surface area (Å²) >= 11 is 0. The van der Waals surface area contributed by atoms with Crippen LogP contribution in [0.2, 0.25) is 0 Å². The summed E-state index contributed by atoms with van der Waals surface area (Å²) in [5, 5.41) is 0. The van der Waals surface area contributed by atoms with Crippen molar-refractivity contribution in [2.45, 2.75) is 59.8 Å². The van der Waals surface area contributed by atoms with Gasteiger partial charge in [0.15, 0.2) is 0 Å². The third-order valence-electron chi connectivity index (χ3n) is 2.13. The van der Waals surface area contributed by atoms with Gasteiger partial charge in [0, 0.05) is 6.92 Å². The number of unbranched alkanes of at least 4 members (excludes halogenated alkanes) is 3. The van der Waals surface area contributed by atoms with E-state index in [9.17, 15) is 4.79 Å². The third-order valence-corrected chi connectivity index (χ3v) is 2.13. The number of hydrogen-bond acceptors (Lipinski definition) is 2. The zero-order chi connectivity index (χ0) is 11.0. The van der Waals surface area contributed by atoms with Gasteiger partial charge in [0.2, 0.25) is 0 Å². The molecule has 0 aliphatic rings. The number of hydrogen-bond donors (Lipinski definition) is 0. The van der Waals surface area contributed by atoms with Crippen molar-refractivity contribution in [3.05, 3.63) is 0 Å². The van der Waals surface area contributed by atoms with Crippen molar-refractivity contribution in [1.82, 2.24) is 0 Å². The molecule has 0 saturated carbocycles. The topological polar surface area (TPSA) is 26.3 Å². The largest absolute Gasteiger partial charge is 0.466 e. The molecule has 0 rings (SSSR count). The van der Waals surface area contributed by atoms with Crippen LogP contribution in [0.1, 0.15) is 59.8 Å². The molecule has 0 aromatic heterocycles. The van der Waals surface area contributed by atoms with E-state index >= 15 is 0 Å². The summed E-state index contributed by atoms with van der Waals surface area (Å²) < 4.78 is 4.85. The summed E-state index contributed by atoms with van der Waals surface area (Å²) in [5.74, 6) is -0.167. The summed E-state index contributed by atoms with van der Waals surface area (Å²) in [4.78, 5) is 10.4. The van der Waals surface area contributed by atoms with Crippen molar-refractivity contribution in [2.75, 3.05) is 6.61 Å². The molecule has 0 N–H and O–H groups in total. The first-order valence-electron chi connectivity index (χ1n) is 5.55. The molecule has 0 radical (unpaired) electrons. The van der Waals surface area contributed by atoms with Gasteiger partial charge in [0.1, 0.15) is 0 Å². The Bertz CT molecular complexity index is 156. The molecular weight excluding hydrogens is 176 g/mol. The Morgan fingerprint density at radius 3 is 2.14 bits per heavy atom. The second kappa shape index (κ2) is 6.86. The van der Waals surface area contributed by atoms with Gasteiger partial charge in [-0.1, -0.05) is 40.0 Å². The minimum atomic E-state index is -0.167. The molecule has 0 fully saturated rings. The average Bonchev–Trinajstić information content (AvgIpc) is 2.00. The van der Waals surface area contributed by atoms with E-state index < -0.39 is 0 Å². The summed E-state index contributed by atoms with van der Waals surface area (Å²) in [7, 11) is 0. The first-order valence-corrected chi connectivity index (χ1v) is 5.55. The second-order valence-corrected chi connectivity index (χ2v) is 5.06. The maximum atomic E-state index is 10.4. The minimum Gasteiger partial charge on any atom is -0.466 e. The van der Waals surface area contributed by atoms with E-state index in [0.717, 1.165) is 6.42 Å². The summed E-state index contributed by atoms with van der Waals surface area (Å²) in [6.07, 6.45) is 5.98. The van der Waals surface area contributed by atoms with Gasteiger partial charge in [-0.3, -0.25) is 4.79 Å². The van der Waals surface area contributed by atoms with Crippen LogP contribution in [0.15, 0.2) is 0 Å². The van der Waals surface area contributed by atoms with Gasteiger partial charge >= 0.3 is 5.97 Å². The highest BCUT2D eigenvalue weighted by Gasteiger charge is 2.08. The molecule has 0 aliphatic heterocycles. The van der Waals surface area contributed by atoms with Crippen LogP contribution in [0, 0.1) is 5.41 Å². The Morgan fingerprint density at radius 1 is 1.07 bits per heavy atom. The first-order chi connectivity index (χ1) is 6.42. The molecule has 0 aliphatic carbocycles. The lowest BCUT2D eigenvalue weighted by Crippen LogP contribution is -2.04. The standard InChI is InChI=1S/C12H24O2/c1-11(13)14-10-8-6-5-7-9-12(2,3)4/h5-10H2,1-4H3. The van der Waals surface area contributed by atoms with E-state index in [1.807, 2.05) is 0 Å². The van der Waals surface area contributed by atoms with Gasteiger partial charge in [-0.15, -0.1) is 0 Å². The highest BCUT2D eigenvalue weighted by molar-refractivity contribution is 5.65. The van der Waals surface area contributed by atoms with Gasteiger partial charge < -0.3 is 4.74 Å². The maximum absolute atomic E-state index is 10.4. The predicted molar refractivity (Wildman–Crippen MR) is 59.2 cm³/mol. The van der Waals surface area contributed by atoms with Crippen LogP contribution < -0.4 is 0 Å². The molecule has 0 unspecified atom stereocenters. The lowest BCUT2D eigenvalue weighted by molar-refractivity contribution is -0.141. The molecule has 0 aromatic carbocycles. The van der Waals surface area contributed by atoms with Gasteiger partial charge in [0.25, 0.3) is 0 Å². The fourth-order valence-corrected chi connectivity index (χ4v) is 1.33. The molecule has 0 spiro atoms.